The van der Waals surface area contributed by atoms with Crippen molar-refractivity contribution in [3.63, 3.8) is 0 Å². The summed E-state index contributed by atoms with van der Waals surface area (Å²) in [4.78, 5) is 13.1. The lowest BCUT2D eigenvalue weighted by molar-refractivity contribution is -0.137. The van der Waals surface area contributed by atoms with Crippen LogP contribution in [0.1, 0.15) is 37.3 Å². The molecule has 1 aromatic heterocycles. The zero-order valence-electron chi connectivity index (χ0n) is 19.0. The molecule has 1 heterocycles. The van der Waals surface area contributed by atoms with Crippen molar-refractivity contribution in [1.29, 1.82) is 0 Å². The lowest BCUT2D eigenvalue weighted by atomic mass is 9.87. The summed E-state index contributed by atoms with van der Waals surface area (Å²) < 4.78 is 79.4. The van der Waals surface area contributed by atoms with Crippen LogP contribution in [0.25, 0.3) is 5.69 Å². The van der Waals surface area contributed by atoms with Gasteiger partial charge in [-0.25, -0.2) is 17.5 Å². The summed E-state index contributed by atoms with van der Waals surface area (Å²) in [6, 6.07) is 8.86. The number of nitrogens with zero attached hydrogens (tertiary/aromatic N) is 2. The number of hydrogen-bond donors (Lipinski definition) is 1. The summed E-state index contributed by atoms with van der Waals surface area (Å²) in [6.45, 7) is 1.53. The maximum absolute atomic E-state index is 13.3. The normalized spacial score (nSPS) is 20.4. The molecule has 2 aromatic carbocycles. The Balaban J connectivity index is 1.49. The summed E-state index contributed by atoms with van der Waals surface area (Å²) in [5, 5.41) is 5.88. The number of carbonyl (C=O) groups excluding carboxylic acids is 1. The molecule has 2 atom stereocenters. The molecule has 1 aliphatic rings. The molecule has 1 amide bonds. The van der Waals surface area contributed by atoms with Gasteiger partial charge in [-0.3, -0.25) is 4.79 Å². The molecule has 0 aliphatic heterocycles. The Morgan fingerprint density at radius 2 is 1.81 bits per heavy atom. The molecule has 0 radical (unpaired) electrons. The smallest absolute Gasteiger partial charge is 0.351 e. The first-order valence-electron chi connectivity index (χ1n) is 11.0. The number of sulfone groups is 1. The number of rotatable bonds is 6. The molecule has 6 nitrogen and oxygen atoms in total. The SMILES string of the molecule is CC1(C(=O)NCc2cn(-c3ccc(C(F)(F)F)cc3)nc2Cl)CCC[C@H]1S(=O)(=O)c1ccc(F)cc1. The molecular weight excluding hydrogens is 522 g/mol. The van der Waals surface area contributed by atoms with Crippen molar-refractivity contribution in [2.75, 3.05) is 0 Å². The van der Waals surface area contributed by atoms with Crippen LogP contribution in [0.4, 0.5) is 17.6 Å². The van der Waals surface area contributed by atoms with E-state index in [4.69, 9.17) is 11.6 Å². The minimum absolute atomic E-state index is 0.0438. The first-order chi connectivity index (χ1) is 16.8. The molecule has 0 spiro atoms. The van der Waals surface area contributed by atoms with E-state index >= 15 is 0 Å². The van der Waals surface area contributed by atoms with Crippen molar-refractivity contribution in [2.45, 2.75) is 49.1 Å². The second-order valence-corrected chi connectivity index (χ2v) is 11.4. The van der Waals surface area contributed by atoms with Crippen LogP contribution in [-0.2, 0) is 27.4 Å². The molecule has 0 bridgehead atoms. The first kappa shape index (κ1) is 26.2. The van der Waals surface area contributed by atoms with E-state index in [1.807, 2.05) is 0 Å². The molecule has 1 unspecified atom stereocenters. The van der Waals surface area contributed by atoms with Crippen molar-refractivity contribution in [3.05, 3.63) is 76.8 Å². The topological polar surface area (TPSA) is 81.1 Å². The molecule has 1 N–H and O–H groups in total. The van der Waals surface area contributed by atoms with Crippen LogP contribution in [0.2, 0.25) is 5.15 Å². The van der Waals surface area contributed by atoms with Crippen molar-refractivity contribution < 1.29 is 30.8 Å². The van der Waals surface area contributed by atoms with Gasteiger partial charge in [0, 0.05) is 18.3 Å². The van der Waals surface area contributed by atoms with Gasteiger partial charge >= 0.3 is 6.18 Å². The van der Waals surface area contributed by atoms with Gasteiger partial charge < -0.3 is 5.32 Å². The Bertz CT molecular complexity index is 1370. The predicted molar refractivity (Wildman–Crippen MR) is 125 cm³/mol. The van der Waals surface area contributed by atoms with Gasteiger partial charge in [-0.15, -0.1) is 0 Å². The first-order valence-corrected chi connectivity index (χ1v) is 12.9. The lowest BCUT2D eigenvalue weighted by Gasteiger charge is -2.30. The maximum Gasteiger partial charge on any atom is 0.416 e. The minimum Gasteiger partial charge on any atom is -0.351 e. The Morgan fingerprint density at radius 1 is 1.17 bits per heavy atom. The van der Waals surface area contributed by atoms with Crippen molar-refractivity contribution >= 4 is 27.3 Å². The molecule has 1 saturated carbocycles. The number of nitrogens with one attached hydrogen (secondary N) is 1. The average molecular weight is 544 g/mol. The number of halogens is 5. The Morgan fingerprint density at radius 3 is 2.42 bits per heavy atom. The third kappa shape index (κ3) is 4.99. The average Bonchev–Trinajstić information content (AvgIpc) is 3.41. The van der Waals surface area contributed by atoms with Gasteiger partial charge in [0.1, 0.15) is 5.82 Å². The number of amides is 1. The molecular formula is C24H22ClF4N3O3S. The number of benzene rings is 2. The largest absolute Gasteiger partial charge is 0.416 e. The van der Waals surface area contributed by atoms with Crippen LogP contribution >= 0.6 is 11.6 Å². The summed E-state index contributed by atoms with van der Waals surface area (Å²) >= 11 is 6.18. The monoisotopic (exact) mass is 543 g/mol. The quantitative estimate of drug-likeness (QED) is 0.336. The van der Waals surface area contributed by atoms with Crippen molar-refractivity contribution in [2.24, 2.45) is 5.41 Å². The summed E-state index contributed by atoms with van der Waals surface area (Å²) in [6.07, 6.45) is -1.82. The fourth-order valence-corrected chi connectivity index (χ4v) is 6.93. The molecule has 4 rings (SSSR count). The van der Waals surface area contributed by atoms with Gasteiger partial charge in [-0.05, 0) is 68.3 Å². The van der Waals surface area contributed by atoms with E-state index in [0.29, 0.717) is 24.1 Å². The van der Waals surface area contributed by atoms with Crippen LogP contribution < -0.4 is 5.32 Å². The summed E-state index contributed by atoms with van der Waals surface area (Å²) in [5.74, 6) is -1.04. The van der Waals surface area contributed by atoms with Gasteiger partial charge in [0.15, 0.2) is 15.0 Å². The molecule has 3 aromatic rings. The summed E-state index contributed by atoms with van der Waals surface area (Å²) in [5.41, 5.74) is -1.27. The number of hydrogen-bond acceptors (Lipinski definition) is 4. The molecule has 192 valence electrons. The van der Waals surface area contributed by atoms with Gasteiger partial charge in [0.05, 0.1) is 26.8 Å². The van der Waals surface area contributed by atoms with Gasteiger partial charge in [-0.1, -0.05) is 18.0 Å². The lowest BCUT2D eigenvalue weighted by Crippen LogP contribution is -2.46. The van der Waals surface area contributed by atoms with Gasteiger partial charge in [0.25, 0.3) is 0 Å². The van der Waals surface area contributed by atoms with E-state index in [1.165, 1.54) is 35.1 Å². The van der Waals surface area contributed by atoms with Crippen LogP contribution in [-0.4, -0.2) is 29.4 Å². The Labute approximate surface area is 210 Å². The highest BCUT2D eigenvalue weighted by molar-refractivity contribution is 7.92. The second kappa shape index (κ2) is 9.51. The Kier molecular flexibility index (Phi) is 6.91. The van der Waals surface area contributed by atoms with Crippen LogP contribution in [0.3, 0.4) is 0 Å². The highest BCUT2D eigenvalue weighted by atomic mass is 35.5. The zero-order valence-corrected chi connectivity index (χ0v) is 20.6. The van der Waals surface area contributed by atoms with Crippen LogP contribution in [0, 0.1) is 11.2 Å². The number of alkyl halides is 3. The van der Waals surface area contributed by atoms with Crippen LogP contribution in [0.5, 0.6) is 0 Å². The standard InChI is InChI=1S/C24H22ClF4N3O3S/c1-23(12-2-3-20(23)36(34,35)19-10-6-17(26)7-11-19)22(33)30-13-15-14-32(31-21(15)25)18-8-4-16(5-9-18)24(27,28)29/h4-11,14,20H,2-3,12-13H2,1H3,(H,30,33)/t20-,23?/m1/s1. The van der Waals surface area contributed by atoms with Crippen LogP contribution in [0.15, 0.2) is 59.6 Å². The highest BCUT2D eigenvalue weighted by Crippen LogP contribution is 2.44. The fraction of sp³-hybridized carbons (Fsp3) is 0.333. The van der Waals surface area contributed by atoms with Gasteiger partial charge in [0.2, 0.25) is 5.91 Å². The molecule has 0 saturated heterocycles. The van der Waals surface area contributed by atoms with E-state index in [0.717, 1.165) is 24.3 Å². The number of carbonyl (C=O) groups is 1. The van der Waals surface area contributed by atoms with E-state index in [1.54, 1.807) is 6.92 Å². The van der Waals surface area contributed by atoms with E-state index in [-0.39, 0.29) is 23.0 Å². The van der Waals surface area contributed by atoms with Gasteiger partial charge in [-0.2, -0.15) is 18.3 Å². The molecule has 36 heavy (non-hydrogen) atoms. The van der Waals surface area contributed by atoms with E-state index < -0.39 is 44.0 Å². The van der Waals surface area contributed by atoms with E-state index in [2.05, 4.69) is 10.4 Å². The Hall–Kier alpha value is -2.92. The predicted octanol–water partition coefficient (Wildman–Crippen LogP) is 5.33. The highest BCUT2D eigenvalue weighted by Gasteiger charge is 2.51. The fourth-order valence-electron chi connectivity index (χ4n) is 4.50. The third-order valence-electron chi connectivity index (χ3n) is 6.55. The van der Waals surface area contributed by atoms with Crippen molar-refractivity contribution in [1.82, 2.24) is 15.1 Å². The molecule has 1 aliphatic carbocycles. The molecule has 1 fully saturated rings. The van der Waals surface area contributed by atoms with E-state index in [9.17, 15) is 30.8 Å². The zero-order chi connectivity index (χ0) is 26.3. The summed E-state index contributed by atoms with van der Waals surface area (Å²) in [7, 11) is -3.90. The molecule has 12 heteroatoms. The number of aromatic nitrogens is 2. The third-order valence-corrected chi connectivity index (χ3v) is 9.30. The minimum atomic E-state index is -4.46. The maximum atomic E-state index is 13.3. The second-order valence-electron chi connectivity index (χ2n) is 8.91. The van der Waals surface area contributed by atoms with Crippen molar-refractivity contribution in [3.8, 4) is 5.69 Å².